The zero-order chi connectivity index (χ0) is 16.4. The number of aromatic nitrogens is 1. The van der Waals surface area contributed by atoms with Crippen molar-refractivity contribution in [2.24, 2.45) is 5.92 Å². The van der Waals surface area contributed by atoms with E-state index in [9.17, 15) is 9.59 Å². The van der Waals surface area contributed by atoms with Crippen molar-refractivity contribution in [1.82, 2.24) is 10.3 Å². The number of hydrogen-bond acceptors (Lipinski definition) is 4. The highest BCUT2D eigenvalue weighted by Gasteiger charge is 2.37. The largest absolute Gasteiger partial charge is 0.350 e. The first kappa shape index (κ1) is 15.7. The molecule has 2 heterocycles. The van der Waals surface area contributed by atoms with Crippen molar-refractivity contribution in [2.45, 2.75) is 26.8 Å². The second-order valence-corrected chi connectivity index (χ2v) is 6.80. The zero-order valence-corrected chi connectivity index (χ0v) is 14.0. The number of carbonyl (C=O) groups excluding carboxylic acids is 2. The zero-order valence-electron chi connectivity index (χ0n) is 13.2. The Morgan fingerprint density at radius 1 is 1.35 bits per heavy atom. The fourth-order valence-electron chi connectivity index (χ4n) is 2.69. The molecule has 1 aliphatic rings. The van der Waals surface area contributed by atoms with Gasteiger partial charge in [0.25, 0.3) is 0 Å². The number of nitrogens with one attached hydrogen (secondary N) is 1. The number of amides is 2. The van der Waals surface area contributed by atoms with E-state index in [4.69, 9.17) is 0 Å². The third-order valence-corrected chi connectivity index (χ3v) is 4.80. The highest BCUT2D eigenvalue weighted by molar-refractivity contribution is 7.09. The van der Waals surface area contributed by atoms with Crippen molar-refractivity contribution in [3.8, 4) is 0 Å². The SMILES string of the molecule is Cc1ccc(N2CCC(C(=O)NCc3csc(C)n3)C2=O)cc1. The Balaban J connectivity index is 1.61. The summed E-state index contributed by atoms with van der Waals surface area (Å²) in [5.41, 5.74) is 2.83. The molecule has 0 bridgehead atoms. The van der Waals surface area contributed by atoms with Crippen molar-refractivity contribution in [3.05, 3.63) is 45.9 Å². The molecule has 0 spiro atoms. The van der Waals surface area contributed by atoms with Crippen molar-refractivity contribution < 1.29 is 9.59 Å². The molecule has 1 fully saturated rings. The van der Waals surface area contributed by atoms with E-state index in [0.717, 1.165) is 22.0 Å². The summed E-state index contributed by atoms with van der Waals surface area (Å²) in [5, 5.41) is 5.71. The van der Waals surface area contributed by atoms with Gasteiger partial charge in [0.1, 0.15) is 5.92 Å². The van der Waals surface area contributed by atoms with E-state index < -0.39 is 5.92 Å². The maximum absolute atomic E-state index is 12.5. The molecule has 1 aliphatic heterocycles. The number of rotatable bonds is 4. The minimum atomic E-state index is -0.601. The van der Waals surface area contributed by atoms with E-state index in [1.54, 1.807) is 16.2 Å². The van der Waals surface area contributed by atoms with Crippen LogP contribution < -0.4 is 10.2 Å². The number of nitrogens with zero attached hydrogens (tertiary/aromatic N) is 2. The maximum Gasteiger partial charge on any atom is 0.239 e. The van der Waals surface area contributed by atoms with Crippen LogP contribution in [0.25, 0.3) is 0 Å². The van der Waals surface area contributed by atoms with Crippen LogP contribution in [-0.4, -0.2) is 23.3 Å². The van der Waals surface area contributed by atoms with E-state index in [1.165, 1.54) is 0 Å². The van der Waals surface area contributed by atoms with Gasteiger partial charge in [0, 0.05) is 17.6 Å². The minimum absolute atomic E-state index is 0.124. The van der Waals surface area contributed by atoms with Crippen molar-refractivity contribution in [3.63, 3.8) is 0 Å². The number of carbonyl (C=O) groups is 2. The van der Waals surface area contributed by atoms with Crippen LogP contribution >= 0.6 is 11.3 Å². The third kappa shape index (κ3) is 3.42. The highest BCUT2D eigenvalue weighted by Crippen LogP contribution is 2.25. The van der Waals surface area contributed by atoms with Gasteiger partial charge in [-0.25, -0.2) is 4.98 Å². The highest BCUT2D eigenvalue weighted by atomic mass is 32.1. The Bertz CT molecular complexity index is 724. The topological polar surface area (TPSA) is 62.3 Å². The van der Waals surface area contributed by atoms with Crippen LogP contribution in [0.3, 0.4) is 0 Å². The van der Waals surface area contributed by atoms with E-state index in [-0.39, 0.29) is 11.8 Å². The van der Waals surface area contributed by atoms with Gasteiger partial charge >= 0.3 is 0 Å². The lowest BCUT2D eigenvalue weighted by molar-refractivity contribution is -0.132. The van der Waals surface area contributed by atoms with Crippen LogP contribution in [0.5, 0.6) is 0 Å². The molecule has 2 aromatic rings. The van der Waals surface area contributed by atoms with Crippen molar-refractivity contribution >= 4 is 28.8 Å². The fourth-order valence-corrected chi connectivity index (χ4v) is 3.31. The van der Waals surface area contributed by atoms with E-state index >= 15 is 0 Å². The summed E-state index contributed by atoms with van der Waals surface area (Å²) in [5.74, 6) is -0.938. The van der Waals surface area contributed by atoms with Crippen LogP contribution in [0.4, 0.5) is 5.69 Å². The Kier molecular flexibility index (Phi) is 4.43. The standard InChI is InChI=1S/C17H19N3O2S/c1-11-3-5-14(6-4-11)20-8-7-15(17(20)22)16(21)18-9-13-10-23-12(2)19-13/h3-6,10,15H,7-9H2,1-2H3,(H,18,21). The maximum atomic E-state index is 12.5. The Hall–Kier alpha value is -2.21. The summed E-state index contributed by atoms with van der Waals surface area (Å²) in [6.45, 7) is 4.88. The van der Waals surface area contributed by atoms with Crippen molar-refractivity contribution in [2.75, 3.05) is 11.4 Å². The number of aryl methyl sites for hydroxylation is 2. The number of benzene rings is 1. The van der Waals surface area contributed by atoms with Crippen LogP contribution in [0.2, 0.25) is 0 Å². The molecule has 0 saturated carbocycles. The second-order valence-electron chi connectivity index (χ2n) is 5.74. The first-order chi connectivity index (χ1) is 11.0. The minimum Gasteiger partial charge on any atom is -0.350 e. The predicted molar refractivity (Wildman–Crippen MR) is 90.3 cm³/mol. The first-order valence-corrected chi connectivity index (χ1v) is 8.49. The molecule has 3 rings (SSSR count). The monoisotopic (exact) mass is 329 g/mol. The van der Waals surface area contributed by atoms with Gasteiger partial charge in [-0.3, -0.25) is 9.59 Å². The van der Waals surface area contributed by atoms with Gasteiger partial charge in [0.15, 0.2) is 0 Å². The summed E-state index contributed by atoms with van der Waals surface area (Å²) in [7, 11) is 0. The lowest BCUT2D eigenvalue weighted by Crippen LogP contribution is -2.36. The van der Waals surface area contributed by atoms with E-state index in [0.29, 0.717) is 19.5 Å². The summed E-state index contributed by atoms with van der Waals surface area (Å²) < 4.78 is 0. The predicted octanol–water partition coefficient (Wildman–Crippen LogP) is 2.43. The van der Waals surface area contributed by atoms with Crippen LogP contribution in [0.15, 0.2) is 29.6 Å². The van der Waals surface area contributed by atoms with Crippen LogP contribution in [0.1, 0.15) is 22.7 Å². The molecule has 1 saturated heterocycles. The Labute approximate surface area is 139 Å². The molecular formula is C17H19N3O2S. The molecule has 1 atom stereocenters. The lowest BCUT2D eigenvalue weighted by Gasteiger charge is -2.17. The molecule has 6 heteroatoms. The molecule has 1 unspecified atom stereocenters. The van der Waals surface area contributed by atoms with Gasteiger partial charge in [0.05, 0.1) is 17.2 Å². The van der Waals surface area contributed by atoms with Gasteiger partial charge in [-0.05, 0) is 32.4 Å². The molecule has 1 N–H and O–H groups in total. The van der Waals surface area contributed by atoms with Gasteiger partial charge in [0.2, 0.25) is 11.8 Å². The molecule has 5 nitrogen and oxygen atoms in total. The van der Waals surface area contributed by atoms with Crippen molar-refractivity contribution in [1.29, 1.82) is 0 Å². The van der Waals surface area contributed by atoms with Gasteiger partial charge < -0.3 is 10.2 Å². The molecule has 1 aromatic heterocycles. The lowest BCUT2D eigenvalue weighted by atomic mass is 10.1. The smallest absolute Gasteiger partial charge is 0.239 e. The van der Waals surface area contributed by atoms with E-state index in [1.807, 2.05) is 43.5 Å². The fraction of sp³-hybridized carbons (Fsp3) is 0.353. The Morgan fingerprint density at radius 3 is 2.74 bits per heavy atom. The quantitative estimate of drug-likeness (QED) is 0.876. The number of hydrogen-bond donors (Lipinski definition) is 1. The van der Waals surface area contributed by atoms with Gasteiger partial charge in [-0.2, -0.15) is 0 Å². The molecule has 0 aliphatic carbocycles. The number of anilines is 1. The molecule has 120 valence electrons. The number of thiazole rings is 1. The summed E-state index contributed by atoms with van der Waals surface area (Å²) in [6.07, 6.45) is 0.550. The second kappa shape index (κ2) is 6.50. The average Bonchev–Trinajstić information content (AvgIpc) is 3.12. The van der Waals surface area contributed by atoms with Gasteiger partial charge in [-0.15, -0.1) is 11.3 Å². The molecule has 0 radical (unpaired) electrons. The molecular weight excluding hydrogens is 310 g/mol. The van der Waals surface area contributed by atoms with Gasteiger partial charge in [-0.1, -0.05) is 17.7 Å². The third-order valence-electron chi connectivity index (χ3n) is 3.98. The molecule has 23 heavy (non-hydrogen) atoms. The average molecular weight is 329 g/mol. The normalized spacial score (nSPS) is 17.6. The van der Waals surface area contributed by atoms with Crippen LogP contribution in [0, 0.1) is 19.8 Å². The van der Waals surface area contributed by atoms with Crippen LogP contribution in [-0.2, 0) is 16.1 Å². The first-order valence-electron chi connectivity index (χ1n) is 7.61. The molecule has 2 amide bonds. The molecule has 1 aromatic carbocycles. The summed E-state index contributed by atoms with van der Waals surface area (Å²) in [4.78, 5) is 30.8. The summed E-state index contributed by atoms with van der Waals surface area (Å²) >= 11 is 1.55. The van der Waals surface area contributed by atoms with E-state index in [2.05, 4.69) is 10.3 Å². The summed E-state index contributed by atoms with van der Waals surface area (Å²) in [6, 6.07) is 7.79. The Morgan fingerprint density at radius 2 is 2.09 bits per heavy atom.